The molecule has 1 N–H and O–H groups in total. The second-order valence-corrected chi connectivity index (χ2v) is 6.91. The molecule has 0 aliphatic rings. The highest BCUT2D eigenvalue weighted by molar-refractivity contribution is 5.95. The minimum Gasteiger partial charge on any atom is -0.362 e. The number of carbonyl (C=O) groups excluding carboxylic acids is 1. The van der Waals surface area contributed by atoms with Crippen molar-refractivity contribution in [2.75, 3.05) is 42.8 Å². The van der Waals surface area contributed by atoms with Gasteiger partial charge in [0.2, 0.25) is 11.9 Å². The quantitative estimate of drug-likeness (QED) is 0.753. The molecular weight excluding hydrogens is 338 g/mol. The van der Waals surface area contributed by atoms with Gasteiger partial charge in [0, 0.05) is 32.2 Å². The van der Waals surface area contributed by atoms with Crippen LogP contribution in [0.3, 0.4) is 0 Å². The molecule has 0 atom stereocenters. The lowest BCUT2D eigenvalue weighted by Crippen LogP contribution is -2.31. The number of hydrogen-bond donors (Lipinski definition) is 1. The van der Waals surface area contributed by atoms with Gasteiger partial charge in [-0.15, -0.1) is 0 Å². The van der Waals surface area contributed by atoms with Crippen LogP contribution in [0.5, 0.6) is 0 Å². The van der Waals surface area contributed by atoms with Crippen molar-refractivity contribution < 1.29 is 4.79 Å². The Kier molecular flexibility index (Phi) is 5.26. The first-order chi connectivity index (χ1) is 12.9. The van der Waals surface area contributed by atoms with Crippen LogP contribution in [0.25, 0.3) is 10.9 Å². The number of fused-ring (bicyclic) bond motifs is 1. The van der Waals surface area contributed by atoms with Crippen LogP contribution in [0.1, 0.15) is 11.1 Å². The predicted molar refractivity (Wildman–Crippen MR) is 112 cm³/mol. The van der Waals surface area contributed by atoms with Crippen molar-refractivity contribution in [3.05, 3.63) is 53.6 Å². The minimum atomic E-state index is -0.102. The van der Waals surface area contributed by atoms with Gasteiger partial charge in [0.1, 0.15) is 5.82 Å². The van der Waals surface area contributed by atoms with Crippen molar-refractivity contribution >= 4 is 34.3 Å². The van der Waals surface area contributed by atoms with Crippen LogP contribution < -0.4 is 15.1 Å². The maximum Gasteiger partial charge on any atom is 0.244 e. The largest absolute Gasteiger partial charge is 0.362 e. The fourth-order valence-electron chi connectivity index (χ4n) is 2.92. The van der Waals surface area contributed by atoms with E-state index in [1.54, 1.807) is 4.90 Å². The second-order valence-electron chi connectivity index (χ2n) is 6.91. The van der Waals surface area contributed by atoms with E-state index in [1.165, 1.54) is 0 Å². The zero-order chi connectivity index (χ0) is 19.6. The van der Waals surface area contributed by atoms with Gasteiger partial charge in [0.15, 0.2) is 0 Å². The molecule has 140 valence electrons. The molecule has 0 unspecified atom stereocenters. The summed E-state index contributed by atoms with van der Waals surface area (Å²) in [6.07, 6.45) is 0. The van der Waals surface area contributed by atoms with Crippen molar-refractivity contribution in [1.82, 2.24) is 9.97 Å². The van der Waals surface area contributed by atoms with Gasteiger partial charge < -0.3 is 15.1 Å². The molecule has 0 aliphatic heterocycles. The molecule has 1 heterocycles. The molecule has 0 spiro atoms. The van der Waals surface area contributed by atoms with E-state index < -0.39 is 0 Å². The number of nitrogens with zero attached hydrogens (tertiary/aromatic N) is 4. The number of carbonyl (C=O) groups is 1. The normalized spacial score (nSPS) is 10.7. The zero-order valence-electron chi connectivity index (χ0n) is 16.4. The van der Waals surface area contributed by atoms with Crippen molar-refractivity contribution in [2.24, 2.45) is 0 Å². The van der Waals surface area contributed by atoms with Gasteiger partial charge in [0.05, 0.1) is 12.1 Å². The van der Waals surface area contributed by atoms with E-state index in [2.05, 4.69) is 15.3 Å². The van der Waals surface area contributed by atoms with E-state index in [-0.39, 0.29) is 12.5 Å². The van der Waals surface area contributed by atoms with Crippen molar-refractivity contribution in [1.29, 1.82) is 0 Å². The van der Waals surface area contributed by atoms with E-state index in [1.807, 2.05) is 82.4 Å². The highest BCUT2D eigenvalue weighted by Gasteiger charge is 2.15. The van der Waals surface area contributed by atoms with Crippen LogP contribution >= 0.6 is 0 Å². The third kappa shape index (κ3) is 4.00. The van der Waals surface area contributed by atoms with E-state index in [0.717, 1.165) is 33.5 Å². The van der Waals surface area contributed by atoms with Gasteiger partial charge in [0.25, 0.3) is 0 Å². The maximum absolute atomic E-state index is 12.5. The standard InChI is InChI=1S/C21H25N5O/c1-14-9-8-12-17(15(14)2)22-19(27)13-26(5)21-23-18-11-7-6-10-16(18)20(24-21)25(3)4/h6-12H,13H2,1-5H3,(H,22,27). The van der Waals surface area contributed by atoms with Crippen LogP contribution in [0.15, 0.2) is 42.5 Å². The number of aromatic nitrogens is 2. The smallest absolute Gasteiger partial charge is 0.244 e. The topological polar surface area (TPSA) is 61.4 Å². The van der Waals surface area contributed by atoms with Crippen LogP contribution in [0.2, 0.25) is 0 Å². The van der Waals surface area contributed by atoms with E-state index in [4.69, 9.17) is 0 Å². The summed E-state index contributed by atoms with van der Waals surface area (Å²) >= 11 is 0. The van der Waals surface area contributed by atoms with Gasteiger partial charge in [-0.1, -0.05) is 24.3 Å². The number of rotatable bonds is 5. The van der Waals surface area contributed by atoms with Gasteiger partial charge in [-0.25, -0.2) is 4.98 Å². The molecular formula is C21H25N5O. The first-order valence-electron chi connectivity index (χ1n) is 8.88. The molecule has 1 amide bonds. The minimum absolute atomic E-state index is 0.102. The lowest BCUT2D eigenvalue weighted by Gasteiger charge is -2.21. The fraction of sp³-hybridized carbons (Fsp3) is 0.286. The Hall–Kier alpha value is -3.15. The van der Waals surface area contributed by atoms with Gasteiger partial charge >= 0.3 is 0 Å². The molecule has 0 saturated heterocycles. The summed E-state index contributed by atoms with van der Waals surface area (Å²) in [5.74, 6) is 1.25. The molecule has 0 aliphatic carbocycles. The Balaban J connectivity index is 1.82. The number of likely N-dealkylation sites (N-methyl/N-ethyl adjacent to an activating group) is 1. The zero-order valence-corrected chi connectivity index (χ0v) is 16.4. The third-order valence-electron chi connectivity index (χ3n) is 4.60. The summed E-state index contributed by atoms with van der Waals surface area (Å²) in [6.45, 7) is 4.20. The van der Waals surface area contributed by atoms with E-state index in [9.17, 15) is 4.79 Å². The Labute approximate surface area is 159 Å². The Morgan fingerprint density at radius 3 is 2.48 bits per heavy atom. The number of nitrogens with one attached hydrogen (secondary N) is 1. The first-order valence-corrected chi connectivity index (χ1v) is 8.88. The Morgan fingerprint density at radius 1 is 1.00 bits per heavy atom. The van der Waals surface area contributed by atoms with Crippen molar-refractivity contribution in [2.45, 2.75) is 13.8 Å². The predicted octanol–water partition coefficient (Wildman–Crippen LogP) is 3.39. The number of amides is 1. The fourth-order valence-corrected chi connectivity index (χ4v) is 2.92. The number of anilines is 3. The second kappa shape index (κ2) is 7.61. The van der Waals surface area contributed by atoms with E-state index >= 15 is 0 Å². The molecule has 3 rings (SSSR count). The first kappa shape index (κ1) is 18.6. The molecule has 1 aromatic heterocycles. The number of aryl methyl sites for hydroxylation is 1. The summed E-state index contributed by atoms with van der Waals surface area (Å²) in [6, 6.07) is 13.8. The summed E-state index contributed by atoms with van der Waals surface area (Å²) in [5.41, 5.74) is 3.91. The highest BCUT2D eigenvalue weighted by Crippen LogP contribution is 2.25. The molecule has 0 fully saturated rings. The molecule has 3 aromatic rings. The lowest BCUT2D eigenvalue weighted by molar-refractivity contribution is -0.114. The van der Waals surface area contributed by atoms with Crippen LogP contribution in [-0.4, -0.2) is 43.6 Å². The maximum atomic E-state index is 12.5. The SMILES string of the molecule is Cc1cccc(NC(=O)CN(C)c2nc(N(C)C)c3ccccc3n2)c1C. The number of benzene rings is 2. The van der Waals surface area contributed by atoms with E-state index in [0.29, 0.717) is 5.95 Å². The number of hydrogen-bond acceptors (Lipinski definition) is 5. The molecule has 27 heavy (non-hydrogen) atoms. The average Bonchev–Trinajstić information content (AvgIpc) is 2.64. The molecule has 0 saturated carbocycles. The Morgan fingerprint density at radius 2 is 1.74 bits per heavy atom. The van der Waals surface area contributed by atoms with Crippen LogP contribution in [-0.2, 0) is 4.79 Å². The Bertz CT molecular complexity index is 983. The molecule has 6 nitrogen and oxygen atoms in total. The van der Waals surface area contributed by atoms with Crippen LogP contribution in [0, 0.1) is 13.8 Å². The summed E-state index contributed by atoms with van der Waals surface area (Å²) < 4.78 is 0. The molecule has 6 heteroatoms. The van der Waals surface area contributed by atoms with Gasteiger partial charge in [-0.05, 0) is 43.2 Å². The third-order valence-corrected chi connectivity index (χ3v) is 4.60. The average molecular weight is 363 g/mol. The van der Waals surface area contributed by atoms with Gasteiger partial charge in [-0.3, -0.25) is 4.79 Å². The highest BCUT2D eigenvalue weighted by atomic mass is 16.2. The van der Waals surface area contributed by atoms with Crippen molar-refractivity contribution in [3.8, 4) is 0 Å². The van der Waals surface area contributed by atoms with Crippen molar-refractivity contribution in [3.63, 3.8) is 0 Å². The van der Waals surface area contributed by atoms with Gasteiger partial charge in [-0.2, -0.15) is 4.98 Å². The monoisotopic (exact) mass is 363 g/mol. The van der Waals surface area contributed by atoms with Crippen LogP contribution in [0.4, 0.5) is 17.5 Å². The summed E-state index contributed by atoms with van der Waals surface area (Å²) in [5, 5.41) is 3.97. The lowest BCUT2D eigenvalue weighted by atomic mass is 10.1. The number of para-hydroxylation sites is 1. The molecule has 0 bridgehead atoms. The summed E-state index contributed by atoms with van der Waals surface area (Å²) in [7, 11) is 5.73. The molecule has 0 radical (unpaired) electrons. The summed E-state index contributed by atoms with van der Waals surface area (Å²) in [4.78, 5) is 25.5. The molecule has 2 aromatic carbocycles.